The molecule has 0 aromatic carbocycles. The van der Waals surface area contributed by atoms with Crippen LogP contribution >= 0.6 is 0 Å². The Balaban J connectivity index is 2.86. The highest BCUT2D eigenvalue weighted by Crippen LogP contribution is 2.36. The fourth-order valence-electron chi connectivity index (χ4n) is 2.59. The van der Waals surface area contributed by atoms with Crippen molar-refractivity contribution in [2.75, 3.05) is 0 Å². The number of carbonyl (C=O) groups excluding carboxylic acids is 1. The molecule has 108 valence electrons. The van der Waals surface area contributed by atoms with Crippen molar-refractivity contribution in [3.8, 4) is 11.8 Å². The van der Waals surface area contributed by atoms with E-state index in [2.05, 4.69) is 11.8 Å². The van der Waals surface area contributed by atoms with Crippen LogP contribution in [0.15, 0.2) is 0 Å². The van der Waals surface area contributed by atoms with Gasteiger partial charge in [0.15, 0.2) is 5.60 Å². The van der Waals surface area contributed by atoms with E-state index in [0.717, 1.165) is 19.3 Å². The van der Waals surface area contributed by atoms with Crippen molar-refractivity contribution in [3.05, 3.63) is 0 Å². The van der Waals surface area contributed by atoms with E-state index in [0.29, 0.717) is 5.92 Å². The van der Waals surface area contributed by atoms with Crippen LogP contribution in [0, 0.1) is 23.2 Å². The molecule has 0 aliphatic heterocycles. The van der Waals surface area contributed by atoms with Gasteiger partial charge in [-0.05, 0) is 47.0 Å². The minimum atomic E-state index is -0.612. The molecular weight excluding hydrogens is 236 g/mol. The maximum atomic E-state index is 12.3. The van der Waals surface area contributed by atoms with E-state index in [1.54, 1.807) is 0 Å². The summed E-state index contributed by atoms with van der Waals surface area (Å²) in [5.41, 5.74) is -1.04. The number of esters is 1. The maximum Gasteiger partial charge on any atom is 0.313 e. The highest BCUT2D eigenvalue weighted by Gasteiger charge is 2.40. The summed E-state index contributed by atoms with van der Waals surface area (Å²) in [7, 11) is 0. The molecule has 2 nitrogen and oxygen atoms in total. The molecule has 0 bridgehead atoms. The third-order valence-electron chi connectivity index (χ3n) is 4.50. The van der Waals surface area contributed by atoms with E-state index in [1.807, 2.05) is 34.6 Å². The van der Waals surface area contributed by atoms with E-state index in [-0.39, 0.29) is 5.97 Å². The lowest BCUT2D eigenvalue weighted by Gasteiger charge is -2.37. The fourth-order valence-corrected chi connectivity index (χ4v) is 2.59. The monoisotopic (exact) mass is 264 g/mol. The third kappa shape index (κ3) is 4.00. The van der Waals surface area contributed by atoms with Crippen molar-refractivity contribution in [1.82, 2.24) is 0 Å². The Kier molecular flexibility index (Phi) is 5.47. The second-order valence-electron chi connectivity index (χ2n) is 6.44. The molecule has 1 aliphatic carbocycles. The molecule has 0 radical (unpaired) electrons. The Labute approximate surface area is 118 Å². The summed E-state index contributed by atoms with van der Waals surface area (Å²) in [6, 6.07) is 0. The first-order valence-corrected chi connectivity index (χ1v) is 7.53. The zero-order chi connectivity index (χ0) is 14.5. The van der Waals surface area contributed by atoms with Crippen LogP contribution in [0.1, 0.15) is 73.1 Å². The van der Waals surface area contributed by atoms with Crippen LogP contribution in [0.5, 0.6) is 0 Å². The van der Waals surface area contributed by atoms with E-state index in [4.69, 9.17) is 4.74 Å². The topological polar surface area (TPSA) is 26.3 Å². The first-order chi connectivity index (χ1) is 8.85. The summed E-state index contributed by atoms with van der Waals surface area (Å²) in [6.45, 7) is 9.71. The van der Waals surface area contributed by atoms with Crippen LogP contribution in [0.3, 0.4) is 0 Å². The summed E-state index contributed by atoms with van der Waals surface area (Å²) < 4.78 is 5.86. The molecule has 1 rings (SSSR count). The largest absolute Gasteiger partial charge is 0.445 e. The third-order valence-corrected chi connectivity index (χ3v) is 4.50. The molecule has 0 N–H and O–H groups in total. The molecule has 1 saturated carbocycles. The van der Waals surface area contributed by atoms with Crippen LogP contribution in [0.4, 0.5) is 0 Å². The smallest absolute Gasteiger partial charge is 0.313 e. The summed E-state index contributed by atoms with van der Waals surface area (Å²) in [5, 5.41) is 0. The van der Waals surface area contributed by atoms with Crippen molar-refractivity contribution in [3.63, 3.8) is 0 Å². The molecule has 0 heterocycles. The van der Waals surface area contributed by atoms with Gasteiger partial charge in [-0.15, -0.1) is 5.92 Å². The van der Waals surface area contributed by atoms with Crippen LogP contribution in [0.25, 0.3) is 0 Å². The summed E-state index contributed by atoms with van der Waals surface area (Å²) in [6.07, 6.45) is 6.75. The van der Waals surface area contributed by atoms with Gasteiger partial charge in [0.1, 0.15) is 0 Å². The number of ether oxygens (including phenoxy) is 1. The minimum absolute atomic E-state index is 0.120. The van der Waals surface area contributed by atoms with E-state index in [9.17, 15) is 4.79 Å². The molecule has 1 unspecified atom stereocenters. The molecule has 0 aromatic rings. The predicted octanol–water partition coefficient (Wildman–Crippen LogP) is 4.33. The lowest BCUT2D eigenvalue weighted by atomic mass is 9.77. The van der Waals surface area contributed by atoms with Gasteiger partial charge in [-0.3, -0.25) is 4.79 Å². The minimum Gasteiger partial charge on any atom is -0.445 e. The van der Waals surface area contributed by atoms with Gasteiger partial charge in [-0.2, -0.15) is 0 Å². The molecule has 0 amide bonds. The van der Waals surface area contributed by atoms with Crippen molar-refractivity contribution < 1.29 is 9.53 Å². The quantitative estimate of drug-likeness (QED) is 0.558. The van der Waals surface area contributed by atoms with Gasteiger partial charge in [-0.1, -0.05) is 32.1 Å². The molecular formula is C17H28O2. The van der Waals surface area contributed by atoms with Crippen LogP contribution in [-0.2, 0) is 9.53 Å². The van der Waals surface area contributed by atoms with Crippen molar-refractivity contribution in [2.45, 2.75) is 78.7 Å². The predicted molar refractivity (Wildman–Crippen MR) is 78.6 cm³/mol. The number of carbonyl (C=O) groups is 1. The first-order valence-electron chi connectivity index (χ1n) is 7.53. The van der Waals surface area contributed by atoms with Gasteiger partial charge in [0.25, 0.3) is 0 Å². The van der Waals surface area contributed by atoms with Crippen LogP contribution in [-0.4, -0.2) is 11.6 Å². The Morgan fingerprint density at radius 3 is 2.26 bits per heavy atom. The first kappa shape index (κ1) is 16.1. The summed E-state index contributed by atoms with van der Waals surface area (Å²) >= 11 is 0. The van der Waals surface area contributed by atoms with Gasteiger partial charge in [0.2, 0.25) is 0 Å². The van der Waals surface area contributed by atoms with E-state index >= 15 is 0 Å². The SMILES string of the molecule is CC#CC(C)(OC(=O)C(C)(C)CC)C1CCCCC1. The Morgan fingerprint density at radius 2 is 1.79 bits per heavy atom. The molecule has 19 heavy (non-hydrogen) atoms. The second-order valence-corrected chi connectivity index (χ2v) is 6.44. The molecule has 0 saturated heterocycles. The van der Waals surface area contributed by atoms with E-state index in [1.165, 1.54) is 19.3 Å². The number of hydrogen-bond donors (Lipinski definition) is 0. The molecule has 1 fully saturated rings. The van der Waals surface area contributed by atoms with Gasteiger partial charge in [0.05, 0.1) is 5.41 Å². The maximum absolute atomic E-state index is 12.3. The van der Waals surface area contributed by atoms with Gasteiger partial charge >= 0.3 is 5.97 Å². The second kappa shape index (κ2) is 6.46. The standard InChI is InChI=1S/C17H28O2/c1-6-13-17(5,14-11-9-8-10-12-14)19-15(18)16(3,4)7-2/h14H,7-12H2,1-5H3. The Hall–Kier alpha value is -0.970. The van der Waals surface area contributed by atoms with Crippen LogP contribution < -0.4 is 0 Å². The summed E-state index contributed by atoms with van der Waals surface area (Å²) in [4.78, 5) is 12.3. The average molecular weight is 264 g/mol. The van der Waals surface area contributed by atoms with Crippen molar-refractivity contribution >= 4 is 5.97 Å². The Bertz CT molecular complexity index is 366. The zero-order valence-electron chi connectivity index (χ0n) is 13.1. The van der Waals surface area contributed by atoms with Crippen molar-refractivity contribution in [1.29, 1.82) is 0 Å². The van der Waals surface area contributed by atoms with Crippen molar-refractivity contribution in [2.24, 2.45) is 11.3 Å². The van der Waals surface area contributed by atoms with Crippen LogP contribution in [0.2, 0.25) is 0 Å². The lowest BCUT2D eigenvalue weighted by molar-refractivity contribution is -0.169. The molecule has 1 atom stereocenters. The molecule has 0 aromatic heterocycles. The molecule has 0 spiro atoms. The van der Waals surface area contributed by atoms with Gasteiger partial charge in [0, 0.05) is 5.92 Å². The van der Waals surface area contributed by atoms with Gasteiger partial charge < -0.3 is 4.74 Å². The van der Waals surface area contributed by atoms with Gasteiger partial charge in [-0.25, -0.2) is 0 Å². The molecule has 2 heteroatoms. The normalized spacial score (nSPS) is 20.1. The lowest BCUT2D eigenvalue weighted by Crippen LogP contribution is -2.43. The number of hydrogen-bond acceptors (Lipinski definition) is 2. The van der Waals surface area contributed by atoms with E-state index < -0.39 is 11.0 Å². The Morgan fingerprint density at radius 1 is 1.21 bits per heavy atom. The highest BCUT2D eigenvalue weighted by atomic mass is 16.6. The number of rotatable bonds is 4. The highest BCUT2D eigenvalue weighted by molar-refractivity contribution is 5.76. The molecule has 1 aliphatic rings. The zero-order valence-corrected chi connectivity index (χ0v) is 13.1. The fraction of sp³-hybridized carbons (Fsp3) is 0.824. The summed E-state index contributed by atoms with van der Waals surface area (Å²) in [5.74, 6) is 6.38. The average Bonchev–Trinajstić information content (AvgIpc) is 2.40.